The molecule has 0 aliphatic carbocycles. The molecule has 0 bridgehead atoms. The van der Waals surface area contributed by atoms with Gasteiger partial charge in [0, 0.05) is 7.11 Å². The van der Waals surface area contributed by atoms with Gasteiger partial charge in [-0.1, -0.05) is 54.6 Å². The number of aliphatic hydroxyl groups is 1. The molecule has 152 valence electrons. The minimum Gasteiger partial charge on any atom is -0.504 e. The van der Waals surface area contributed by atoms with Gasteiger partial charge >= 0.3 is 0 Å². The van der Waals surface area contributed by atoms with Crippen LogP contribution in [0.15, 0.2) is 71.2 Å². The van der Waals surface area contributed by atoms with Crippen LogP contribution >= 0.6 is 15.9 Å². The summed E-state index contributed by atoms with van der Waals surface area (Å²) in [7, 11) is 2.69. The maximum atomic E-state index is 11.1. The van der Waals surface area contributed by atoms with E-state index < -0.39 is 6.04 Å². The van der Waals surface area contributed by atoms with Crippen LogP contribution in [-0.2, 0) is 11.4 Å². The molecule has 1 unspecified atom stereocenters. The first kappa shape index (κ1) is 22.6. The summed E-state index contributed by atoms with van der Waals surface area (Å²) in [5.74, 6) is 0.342. The quantitative estimate of drug-likeness (QED) is 0.456. The highest BCUT2D eigenvalue weighted by Gasteiger charge is 2.15. The maximum Gasteiger partial charge on any atom is 0.175 e. The van der Waals surface area contributed by atoms with Crippen molar-refractivity contribution in [2.45, 2.75) is 12.6 Å². The third-order valence-corrected chi connectivity index (χ3v) is 4.89. The Hall–Kier alpha value is -2.67. The number of phenols is 1. The van der Waals surface area contributed by atoms with E-state index in [0.29, 0.717) is 22.4 Å². The smallest absolute Gasteiger partial charge is 0.175 e. The Kier molecular flexibility index (Phi) is 8.86. The van der Waals surface area contributed by atoms with Gasteiger partial charge < -0.3 is 25.1 Å². The van der Waals surface area contributed by atoms with E-state index in [1.807, 2.05) is 42.5 Å². The van der Waals surface area contributed by atoms with Crippen LogP contribution in [0, 0.1) is 0 Å². The molecule has 3 aromatic carbocycles. The molecule has 0 radical (unpaired) electrons. The van der Waals surface area contributed by atoms with Gasteiger partial charge in [0.15, 0.2) is 11.5 Å². The molecule has 0 aliphatic rings. The minimum atomic E-state index is -0.480. The number of halogens is 1. The van der Waals surface area contributed by atoms with E-state index >= 15 is 0 Å². The second kappa shape index (κ2) is 11.4. The van der Waals surface area contributed by atoms with Gasteiger partial charge in [0.25, 0.3) is 0 Å². The maximum absolute atomic E-state index is 11.1. The molecular weight excluding hydrogens is 434 g/mol. The lowest BCUT2D eigenvalue weighted by atomic mass is 10.0. The minimum absolute atomic E-state index is 0.0117. The number of nitrogens with one attached hydrogen (secondary N) is 1. The summed E-state index contributed by atoms with van der Waals surface area (Å²) in [6.45, 7) is 0.323. The van der Waals surface area contributed by atoms with Crippen molar-refractivity contribution in [1.82, 2.24) is 5.32 Å². The van der Waals surface area contributed by atoms with E-state index in [-0.39, 0.29) is 5.75 Å². The number of aromatic hydroxyl groups is 1. The predicted molar refractivity (Wildman–Crippen MR) is 118 cm³/mol. The molecule has 0 heterocycles. The van der Waals surface area contributed by atoms with Crippen LogP contribution in [0.2, 0.25) is 0 Å². The number of benzene rings is 3. The van der Waals surface area contributed by atoms with Crippen LogP contribution in [0.3, 0.4) is 0 Å². The van der Waals surface area contributed by atoms with Crippen LogP contribution in [0.25, 0.3) is 11.1 Å². The Morgan fingerprint density at radius 2 is 1.66 bits per heavy atom. The van der Waals surface area contributed by atoms with E-state index in [1.165, 1.54) is 6.07 Å². The number of aliphatic hydroxyl groups excluding tert-OH is 1. The number of aldehydes is 1. The fourth-order valence-electron chi connectivity index (χ4n) is 2.81. The topological polar surface area (TPSA) is 78.8 Å². The first-order valence-electron chi connectivity index (χ1n) is 8.99. The van der Waals surface area contributed by atoms with Gasteiger partial charge in [-0.25, -0.2) is 0 Å². The first-order valence-corrected chi connectivity index (χ1v) is 9.78. The lowest BCUT2D eigenvalue weighted by Crippen LogP contribution is -2.17. The van der Waals surface area contributed by atoms with Gasteiger partial charge in [0.1, 0.15) is 12.9 Å². The van der Waals surface area contributed by atoms with Crippen molar-refractivity contribution in [2.75, 3.05) is 14.2 Å². The van der Waals surface area contributed by atoms with Gasteiger partial charge in [0.05, 0.1) is 10.5 Å². The molecule has 0 amide bonds. The van der Waals surface area contributed by atoms with Crippen LogP contribution in [-0.4, -0.2) is 30.7 Å². The van der Waals surface area contributed by atoms with Crippen molar-refractivity contribution < 1.29 is 19.7 Å². The number of carbonyl (C=O) groups excluding carboxylic acids is 1. The van der Waals surface area contributed by atoms with Crippen molar-refractivity contribution >= 4 is 22.2 Å². The molecule has 29 heavy (non-hydrogen) atoms. The lowest BCUT2D eigenvalue weighted by Gasteiger charge is -2.15. The molecule has 1 atom stereocenters. The molecule has 3 aromatic rings. The van der Waals surface area contributed by atoms with Gasteiger partial charge in [-0.2, -0.15) is 0 Å². The van der Waals surface area contributed by atoms with Gasteiger partial charge in [-0.15, -0.1) is 0 Å². The molecule has 0 aliphatic heterocycles. The van der Waals surface area contributed by atoms with E-state index in [4.69, 9.17) is 9.84 Å². The van der Waals surface area contributed by atoms with E-state index in [0.717, 1.165) is 30.1 Å². The summed E-state index contributed by atoms with van der Waals surface area (Å²) in [5.41, 5.74) is 3.96. The van der Waals surface area contributed by atoms with Crippen molar-refractivity contribution in [2.24, 2.45) is 0 Å². The van der Waals surface area contributed by atoms with E-state index in [9.17, 15) is 9.90 Å². The summed E-state index contributed by atoms with van der Waals surface area (Å²) in [6.07, 6.45) is 0.788. The highest BCUT2D eigenvalue weighted by Crippen LogP contribution is 2.37. The number of carbonyl (C=O) groups is 1. The Balaban J connectivity index is 0.00000145. The normalized spacial score (nSPS) is 11.2. The van der Waals surface area contributed by atoms with Crippen LogP contribution in [0.1, 0.15) is 17.2 Å². The largest absolute Gasteiger partial charge is 0.504 e. The lowest BCUT2D eigenvalue weighted by molar-refractivity contribution is -0.109. The molecular formula is C23H24BrNO4. The molecule has 0 spiro atoms. The molecule has 3 rings (SSSR count). The Morgan fingerprint density at radius 3 is 2.21 bits per heavy atom. The first-order chi connectivity index (χ1) is 14.1. The van der Waals surface area contributed by atoms with Crippen LogP contribution < -0.4 is 10.1 Å². The standard InChI is InChI=1S/C22H20BrNO3.CH4O/c1-24-20(13-25)18-11-19(23)22(21(26)12-18)27-14-15-7-9-17(10-8-15)16-5-3-2-4-6-16;1-2/h2-13,20,24,26H,14H2,1H3;2H,1H3. The number of likely N-dealkylation sites (N-methyl/N-ethyl adjacent to an activating group) is 1. The van der Waals surface area contributed by atoms with Crippen molar-refractivity contribution in [3.05, 3.63) is 82.3 Å². The highest BCUT2D eigenvalue weighted by atomic mass is 79.9. The van der Waals surface area contributed by atoms with Crippen molar-refractivity contribution in [1.29, 1.82) is 0 Å². The zero-order valence-corrected chi connectivity index (χ0v) is 17.9. The second-order valence-corrected chi connectivity index (χ2v) is 6.96. The van der Waals surface area contributed by atoms with Crippen molar-refractivity contribution in [3.63, 3.8) is 0 Å². The zero-order chi connectivity index (χ0) is 21.2. The van der Waals surface area contributed by atoms with E-state index in [1.54, 1.807) is 13.1 Å². The average Bonchev–Trinajstić information content (AvgIpc) is 2.76. The molecule has 0 saturated carbocycles. The molecule has 0 fully saturated rings. The molecule has 5 nitrogen and oxygen atoms in total. The van der Waals surface area contributed by atoms with Crippen LogP contribution in [0.4, 0.5) is 0 Å². The Morgan fingerprint density at radius 1 is 1.03 bits per heavy atom. The number of hydrogen-bond acceptors (Lipinski definition) is 5. The van der Waals surface area contributed by atoms with Crippen LogP contribution in [0.5, 0.6) is 11.5 Å². The van der Waals surface area contributed by atoms with Gasteiger partial charge in [-0.05, 0) is 57.4 Å². The fraction of sp³-hybridized carbons (Fsp3) is 0.174. The summed E-state index contributed by atoms with van der Waals surface area (Å²) in [5, 5.41) is 20.2. The third kappa shape index (κ3) is 5.90. The SMILES string of the molecule is CNC(C=O)c1cc(O)c(OCc2ccc(-c3ccccc3)cc2)c(Br)c1.CO. The molecule has 0 saturated heterocycles. The monoisotopic (exact) mass is 457 g/mol. The van der Waals surface area contributed by atoms with E-state index in [2.05, 4.69) is 33.4 Å². The number of ether oxygens (including phenoxy) is 1. The molecule has 0 aromatic heterocycles. The Bertz CT molecular complexity index is 891. The summed E-state index contributed by atoms with van der Waals surface area (Å²) in [4.78, 5) is 11.1. The number of rotatable bonds is 7. The van der Waals surface area contributed by atoms with Crippen molar-refractivity contribution in [3.8, 4) is 22.6 Å². The highest BCUT2D eigenvalue weighted by molar-refractivity contribution is 9.10. The fourth-order valence-corrected chi connectivity index (χ4v) is 3.40. The molecule has 6 heteroatoms. The summed E-state index contributed by atoms with van der Waals surface area (Å²) < 4.78 is 6.39. The second-order valence-electron chi connectivity index (χ2n) is 6.11. The van der Waals surface area contributed by atoms with Gasteiger partial charge in [-0.3, -0.25) is 0 Å². The Labute approximate surface area is 179 Å². The number of phenolic OH excluding ortho intramolecular Hbond substituents is 1. The average molecular weight is 458 g/mol. The predicted octanol–water partition coefficient (Wildman–Crippen LogP) is 4.47. The zero-order valence-electron chi connectivity index (χ0n) is 16.3. The van der Waals surface area contributed by atoms with Gasteiger partial charge in [0.2, 0.25) is 0 Å². The summed E-state index contributed by atoms with van der Waals surface area (Å²) in [6, 6.07) is 21.1. The molecule has 3 N–H and O–H groups in total. The number of hydrogen-bond donors (Lipinski definition) is 3. The summed E-state index contributed by atoms with van der Waals surface area (Å²) >= 11 is 3.41. The third-order valence-electron chi connectivity index (χ3n) is 4.30.